The molecule has 2 aliphatic rings. The van der Waals surface area contributed by atoms with E-state index in [1.807, 2.05) is 42.4 Å². The average Bonchev–Trinajstić information content (AvgIpc) is 3.13. The highest BCUT2D eigenvalue weighted by Gasteiger charge is 2.34. The molecular weight excluding hydrogens is 480 g/mol. The molecular formula is C25H28F4N4O3. The van der Waals surface area contributed by atoms with Crippen LogP contribution in [0.4, 0.5) is 33.7 Å². The highest BCUT2D eigenvalue weighted by Crippen LogP contribution is 2.32. The van der Waals surface area contributed by atoms with E-state index in [-0.39, 0.29) is 24.3 Å². The van der Waals surface area contributed by atoms with Crippen LogP contribution in [0, 0.1) is 11.6 Å². The molecule has 36 heavy (non-hydrogen) atoms. The van der Waals surface area contributed by atoms with Crippen LogP contribution in [0.25, 0.3) is 0 Å². The van der Waals surface area contributed by atoms with Crippen LogP contribution >= 0.6 is 0 Å². The van der Waals surface area contributed by atoms with Crippen LogP contribution in [0.3, 0.4) is 0 Å². The highest BCUT2D eigenvalue weighted by molar-refractivity contribution is 5.90. The summed E-state index contributed by atoms with van der Waals surface area (Å²) < 4.78 is 60.3. The number of halogens is 4. The molecule has 2 fully saturated rings. The van der Waals surface area contributed by atoms with Crippen molar-refractivity contribution in [3.63, 3.8) is 0 Å². The Morgan fingerprint density at radius 2 is 1.72 bits per heavy atom. The van der Waals surface area contributed by atoms with Gasteiger partial charge in [0.25, 0.3) is 6.43 Å². The second kappa shape index (κ2) is 11.3. The summed E-state index contributed by atoms with van der Waals surface area (Å²) in [6.07, 6.45) is -5.28. The Kier molecular flexibility index (Phi) is 8.10. The molecule has 7 nitrogen and oxygen atoms in total. The topological polar surface area (TPSA) is 56.3 Å². The summed E-state index contributed by atoms with van der Waals surface area (Å²) in [6, 6.07) is 12.1. The van der Waals surface area contributed by atoms with Gasteiger partial charge in [0.15, 0.2) is 17.4 Å². The van der Waals surface area contributed by atoms with Gasteiger partial charge in [-0.1, -0.05) is 30.3 Å². The third-order valence-corrected chi connectivity index (χ3v) is 6.47. The summed E-state index contributed by atoms with van der Waals surface area (Å²) in [5, 5.41) is 4.16. The largest absolute Gasteiger partial charge is 0.444 e. The molecule has 2 aromatic carbocycles. The van der Waals surface area contributed by atoms with Crippen molar-refractivity contribution in [1.29, 1.82) is 0 Å². The first-order valence-electron chi connectivity index (χ1n) is 11.8. The number of cyclic esters (lactones) is 1. The van der Waals surface area contributed by atoms with E-state index in [0.29, 0.717) is 32.7 Å². The number of amides is 1. The first-order valence-corrected chi connectivity index (χ1v) is 11.8. The number of Topliss-reactive ketones (excluding diaryl/α,β-unsaturated/α-hetero) is 1. The fourth-order valence-electron chi connectivity index (χ4n) is 4.45. The third-order valence-electron chi connectivity index (χ3n) is 6.47. The molecule has 11 heteroatoms. The van der Waals surface area contributed by atoms with Gasteiger partial charge < -0.3 is 9.64 Å². The maximum absolute atomic E-state index is 15.2. The summed E-state index contributed by atoms with van der Waals surface area (Å²) in [4.78, 5) is 26.1. The molecule has 0 aliphatic carbocycles. The molecule has 194 valence electrons. The van der Waals surface area contributed by atoms with Gasteiger partial charge in [-0.2, -0.15) is 0 Å². The van der Waals surface area contributed by atoms with Gasteiger partial charge in [-0.25, -0.2) is 32.4 Å². The molecule has 0 radical (unpaired) electrons. The highest BCUT2D eigenvalue weighted by atomic mass is 19.3. The lowest BCUT2D eigenvalue weighted by atomic mass is 10.1. The van der Waals surface area contributed by atoms with Crippen LogP contribution in [0.5, 0.6) is 0 Å². The van der Waals surface area contributed by atoms with Crippen molar-refractivity contribution >= 4 is 23.3 Å². The Morgan fingerprint density at radius 1 is 1.06 bits per heavy atom. The number of nitrogens with zero attached hydrogens (tertiary/aromatic N) is 4. The van der Waals surface area contributed by atoms with E-state index in [1.54, 1.807) is 4.90 Å². The summed E-state index contributed by atoms with van der Waals surface area (Å²) in [5.74, 6) is -2.86. The van der Waals surface area contributed by atoms with E-state index >= 15 is 8.78 Å². The Balaban J connectivity index is 1.43. The number of ether oxygens (including phenoxy) is 1. The van der Waals surface area contributed by atoms with Crippen molar-refractivity contribution in [2.24, 2.45) is 0 Å². The van der Waals surface area contributed by atoms with Crippen molar-refractivity contribution in [3.8, 4) is 0 Å². The van der Waals surface area contributed by atoms with Crippen LogP contribution in [-0.4, -0.2) is 74.2 Å². The van der Waals surface area contributed by atoms with E-state index < -0.39 is 42.5 Å². The molecule has 0 saturated carbocycles. The van der Waals surface area contributed by atoms with E-state index in [1.165, 1.54) is 0 Å². The van der Waals surface area contributed by atoms with Gasteiger partial charge in [-0.15, -0.1) is 0 Å². The standard InChI is InChI=1S/C25H28F4N4O3/c1-30-9-10-31(11-12-32(30)15-17-5-3-2-4-6-17)23-20(26)13-18(14-21(23)27)33-16-19(36-25(33)35)7-8-22(34)24(28)29/h2-6,13-14,19,24H,7-12,15-16H2,1H3/t19-/m0/s1. The van der Waals surface area contributed by atoms with E-state index in [0.717, 1.165) is 22.6 Å². The minimum Gasteiger partial charge on any atom is -0.444 e. The Labute approximate surface area is 206 Å². The SMILES string of the molecule is CN1CCN(c2c(F)cc(N3C[C@H](CCC(=O)C(F)F)OC3=O)cc2F)CCN1Cc1ccccc1. The minimum absolute atomic E-state index is 0.0286. The second-order valence-electron chi connectivity index (χ2n) is 8.92. The predicted octanol–water partition coefficient (Wildman–Crippen LogP) is 4.07. The van der Waals surface area contributed by atoms with Gasteiger partial charge in [0.1, 0.15) is 11.8 Å². The molecule has 0 N–H and O–H groups in total. The van der Waals surface area contributed by atoms with Crippen molar-refractivity contribution in [2.75, 3.05) is 49.6 Å². The number of alkyl halides is 2. The van der Waals surface area contributed by atoms with Crippen molar-refractivity contribution < 1.29 is 31.9 Å². The smallest absolute Gasteiger partial charge is 0.414 e. The Hall–Kier alpha value is -3.18. The number of carbonyl (C=O) groups is 2. The van der Waals surface area contributed by atoms with Gasteiger partial charge >= 0.3 is 6.09 Å². The second-order valence-corrected chi connectivity index (χ2v) is 8.92. The fourth-order valence-corrected chi connectivity index (χ4v) is 4.45. The number of benzene rings is 2. The van der Waals surface area contributed by atoms with Gasteiger partial charge in [-0.05, 0) is 12.0 Å². The molecule has 0 spiro atoms. The molecule has 0 aromatic heterocycles. The monoisotopic (exact) mass is 508 g/mol. The van der Waals surface area contributed by atoms with Gasteiger partial charge in [-0.3, -0.25) is 9.69 Å². The number of carbonyl (C=O) groups excluding carboxylic acids is 2. The molecule has 2 heterocycles. The first kappa shape index (κ1) is 25.9. The van der Waals surface area contributed by atoms with Gasteiger partial charge in [0, 0.05) is 58.3 Å². The van der Waals surface area contributed by atoms with Crippen LogP contribution in [-0.2, 0) is 16.1 Å². The summed E-state index contributed by atoms with van der Waals surface area (Å²) in [6.45, 7) is 2.51. The molecule has 2 aliphatic heterocycles. The predicted molar refractivity (Wildman–Crippen MR) is 126 cm³/mol. The lowest BCUT2D eigenvalue weighted by Crippen LogP contribution is -2.40. The van der Waals surface area contributed by atoms with Gasteiger partial charge in [0.2, 0.25) is 0 Å². The zero-order valence-corrected chi connectivity index (χ0v) is 19.9. The molecule has 4 rings (SSSR count). The lowest BCUT2D eigenvalue weighted by Gasteiger charge is -2.29. The average molecular weight is 509 g/mol. The maximum Gasteiger partial charge on any atom is 0.414 e. The van der Waals surface area contributed by atoms with Crippen LogP contribution in [0.15, 0.2) is 42.5 Å². The van der Waals surface area contributed by atoms with Crippen molar-refractivity contribution in [1.82, 2.24) is 10.0 Å². The minimum atomic E-state index is -3.09. The molecule has 1 atom stereocenters. The quantitative estimate of drug-likeness (QED) is 0.501. The lowest BCUT2D eigenvalue weighted by molar-refractivity contribution is -0.129. The van der Waals surface area contributed by atoms with E-state index in [2.05, 4.69) is 5.01 Å². The van der Waals surface area contributed by atoms with Crippen LogP contribution in [0.1, 0.15) is 18.4 Å². The number of hydrogen-bond acceptors (Lipinski definition) is 6. The maximum atomic E-state index is 15.2. The van der Waals surface area contributed by atoms with Gasteiger partial charge in [0.05, 0.1) is 12.2 Å². The normalized spacial score (nSPS) is 19.6. The number of rotatable bonds is 8. The molecule has 2 aromatic rings. The first-order chi connectivity index (χ1) is 17.2. The zero-order valence-electron chi connectivity index (χ0n) is 19.9. The third kappa shape index (κ3) is 5.96. The molecule has 0 bridgehead atoms. The molecule has 2 saturated heterocycles. The fraction of sp³-hybridized carbons (Fsp3) is 0.440. The Morgan fingerprint density at radius 3 is 2.39 bits per heavy atom. The van der Waals surface area contributed by atoms with Crippen molar-refractivity contribution in [3.05, 3.63) is 59.7 Å². The number of likely N-dealkylation sites (N-methyl/N-ethyl adjacent to an activating group) is 1. The Bertz CT molecular complexity index is 1070. The number of anilines is 2. The summed E-state index contributed by atoms with van der Waals surface area (Å²) in [7, 11) is 1.94. The van der Waals surface area contributed by atoms with Crippen molar-refractivity contribution in [2.45, 2.75) is 31.9 Å². The molecule has 1 amide bonds. The number of hydrazine groups is 1. The van der Waals surface area contributed by atoms with Crippen LogP contribution < -0.4 is 9.80 Å². The number of hydrogen-bond donors (Lipinski definition) is 0. The number of ketones is 1. The van der Waals surface area contributed by atoms with E-state index in [4.69, 9.17) is 4.74 Å². The molecule has 0 unspecified atom stereocenters. The van der Waals surface area contributed by atoms with E-state index in [9.17, 15) is 18.4 Å². The summed E-state index contributed by atoms with van der Waals surface area (Å²) >= 11 is 0. The van der Waals surface area contributed by atoms with Crippen LogP contribution in [0.2, 0.25) is 0 Å². The summed E-state index contributed by atoms with van der Waals surface area (Å²) in [5.41, 5.74) is 0.938. The zero-order chi connectivity index (χ0) is 25.8.